The molecule has 5 nitrogen and oxygen atoms in total. The molecule has 0 bridgehead atoms. The van der Waals surface area contributed by atoms with Gasteiger partial charge in [0.25, 0.3) is 0 Å². The van der Waals surface area contributed by atoms with Crippen LogP contribution in [0, 0.1) is 0 Å². The van der Waals surface area contributed by atoms with E-state index in [1.165, 1.54) is 6.20 Å². The highest BCUT2D eigenvalue weighted by atomic mass is 79.9. The van der Waals surface area contributed by atoms with E-state index < -0.39 is 5.97 Å². The lowest BCUT2D eigenvalue weighted by atomic mass is 10.3. The van der Waals surface area contributed by atoms with E-state index in [1.54, 1.807) is 4.40 Å². The topological polar surface area (TPSA) is 70.4 Å². The molecule has 0 aliphatic heterocycles. The number of imidazole rings is 2. The zero-order valence-electron chi connectivity index (χ0n) is 7.94. The number of carboxylic acid groups (broad SMARTS) is 1. The van der Waals surface area contributed by atoms with Crippen LogP contribution in [0.2, 0.25) is 0 Å². The molecule has 2 N–H and O–H groups in total. The van der Waals surface area contributed by atoms with E-state index in [4.69, 9.17) is 5.11 Å². The van der Waals surface area contributed by atoms with Gasteiger partial charge in [-0.25, -0.2) is 9.78 Å². The highest BCUT2D eigenvalue weighted by molar-refractivity contribution is 9.10. The van der Waals surface area contributed by atoms with Crippen LogP contribution in [0.25, 0.3) is 16.8 Å². The second-order valence-electron chi connectivity index (χ2n) is 3.41. The first-order valence-corrected chi connectivity index (χ1v) is 5.34. The second-order valence-corrected chi connectivity index (χ2v) is 4.33. The van der Waals surface area contributed by atoms with Crippen molar-refractivity contribution in [3.8, 4) is 0 Å². The lowest BCUT2D eigenvalue weighted by molar-refractivity contribution is 0.0691. The van der Waals surface area contributed by atoms with Gasteiger partial charge >= 0.3 is 5.97 Å². The van der Waals surface area contributed by atoms with E-state index in [1.807, 2.05) is 18.2 Å². The SMILES string of the molecule is O=C(O)c1cn2c(nc3ccc(Br)cc32)[nH]1. The maximum absolute atomic E-state index is 10.8. The average molecular weight is 280 g/mol. The molecule has 0 radical (unpaired) electrons. The Hall–Kier alpha value is -1.82. The average Bonchev–Trinajstić information content (AvgIpc) is 2.75. The van der Waals surface area contributed by atoms with Crippen molar-refractivity contribution in [1.29, 1.82) is 0 Å². The largest absolute Gasteiger partial charge is 0.477 e. The fourth-order valence-corrected chi connectivity index (χ4v) is 2.02. The summed E-state index contributed by atoms with van der Waals surface area (Å²) in [4.78, 5) is 17.8. The number of benzene rings is 1. The monoisotopic (exact) mass is 279 g/mol. The number of nitrogens with zero attached hydrogens (tertiary/aromatic N) is 2. The number of hydrogen-bond acceptors (Lipinski definition) is 2. The van der Waals surface area contributed by atoms with E-state index in [0.717, 1.165) is 15.5 Å². The minimum absolute atomic E-state index is 0.129. The Bertz CT molecular complexity index is 713. The van der Waals surface area contributed by atoms with Gasteiger partial charge in [-0.05, 0) is 18.2 Å². The van der Waals surface area contributed by atoms with Gasteiger partial charge in [0.2, 0.25) is 5.78 Å². The molecule has 2 heterocycles. The van der Waals surface area contributed by atoms with E-state index in [-0.39, 0.29) is 5.69 Å². The molecule has 0 fully saturated rings. The number of carboxylic acids is 1. The highest BCUT2D eigenvalue weighted by Crippen LogP contribution is 2.21. The summed E-state index contributed by atoms with van der Waals surface area (Å²) in [6.45, 7) is 0. The Labute approximate surface area is 97.8 Å². The van der Waals surface area contributed by atoms with E-state index >= 15 is 0 Å². The predicted molar refractivity (Wildman–Crippen MR) is 61.7 cm³/mol. The van der Waals surface area contributed by atoms with Crippen LogP contribution in [-0.2, 0) is 0 Å². The first kappa shape index (κ1) is 9.41. The lowest BCUT2D eigenvalue weighted by Gasteiger charge is -1.91. The number of hydrogen-bond donors (Lipinski definition) is 2. The summed E-state index contributed by atoms with van der Waals surface area (Å²) in [6, 6.07) is 5.67. The molecule has 0 spiro atoms. The van der Waals surface area contributed by atoms with Crippen molar-refractivity contribution in [1.82, 2.24) is 14.4 Å². The number of H-pyrrole nitrogens is 1. The zero-order valence-corrected chi connectivity index (χ0v) is 9.52. The quantitative estimate of drug-likeness (QED) is 0.718. The molecule has 6 heteroatoms. The van der Waals surface area contributed by atoms with Crippen LogP contribution in [-0.4, -0.2) is 25.4 Å². The predicted octanol–water partition coefficient (Wildman–Crippen LogP) is 2.28. The molecule has 0 aliphatic rings. The molecule has 3 rings (SSSR count). The summed E-state index contributed by atoms with van der Waals surface area (Å²) in [5.41, 5.74) is 1.82. The Balaban J connectivity index is 2.40. The van der Waals surface area contributed by atoms with E-state index in [0.29, 0.717) is 5.78 Å². The smallest absolute Gasteiger partial charge is 0.353 e. The Morgan fingerprint density at radius 3 is 3.06 bits per heavy atom. The molecule has 0 aliphatic carbocycles. The van der Waals surface area contributed by atoms with Crippen molar-refractivity contribution in [2.24, 2.45) is 0 Å². The molecule has 0 unspecified atom stereocenters. The summed E-state index contributed by atoms with van der Waals surface area (Å²) in [5.74, 6) is -0.459. The van der Waals surface area contributed by atoms with Gasteiger partial charge in [0, 0.05) is 10.7 Å². The van der Waals surface area contributed by atoms with Crippen LogP contribution in [0.5, 0.6) is 0 Å². The van der Waals surface area contributed by atoms with Crippen LogP contribution in [0.4, 0.5) is 0 Å². The van der Waals surface area contributed by atoms with Crippen molar-refractivity contribution in [2.75, 3.05) is 0 Å². The summed E-state index contributed by atoms with van der Waals surface area (Å²) in [7, 11) is 0. The van der Waals surface area contributed by atoms with Gasteiger partial charge in [-0.15, -0.1) is 0 Å². The van der Waals surface area contributed by atoms with Crippen molar-refractivity contribution >= 4 is 38.7 Å². The van der Waals surface area contributed by atoms with Crippen molar-refractivity contribution in [3.63, 3.8) is 0 Å². The Morgan fingerprint density at radius 1 is 1.50 bits per heavy atom. The Morgan fingerprint density at radius 2 is 2.31 bits per heavy atom. The molecule has 1 aromatic carbocycles. The number of aromatic nitrogens is 3. The van der Waals surface area contributed by atoms with Crippen LogP contribution in [0.3, 0.4) is 0 Å². The van der Waals surface area contributed by atoms with Crippen molar-refractivity contribution in [2.45, 2.75) is 0 Å². The summed E-state index contributed by atoms with van der Waals surface area (Å²) in [6.07, 6.45) is 1.53. The number of carbonyl (C=O) groups is 1. The minimum Gasteiger partial charge on any atom is -0.477 e. The summed E-state index contributed by atoms with van der Waals surface area (Å²) < 4.78 is 2.66. The molecule has 16 heavy (non-hydrogen) atoms. The summed E-state index contributed by atoms with van der Waals surface area (Å²) in [5, 5.41) is 8.85. The first-order chi connectivity index (χ1) is 7.65. The van der Waals surface area contributed by atoms with Gasteiger partial charge in [0.15, 0.2) is 0 Å². The number of aromatic amines is 1. The van der Waals surface area contributed by atoms with Crippen LogP contribution >= 0.6 is 15.9 Å². The van der Waals surface area contributed by atoms with Crippen LogP contribution in [0.1, 0.15) is 10.5 Å². The fraction of sp³-hybridized carbons (Fsp3) is 0. The van der Waals surface area contributed by atoms with Gasteiger partial charge in [0.05, 0.1) is 11.0 Å². The summed E-state index contributed by atoms with van der Waals surface area (Å²) >= 11 is 3.37. The molecule has 3 aromatic rings. The lowest BCUT2D eigenvalue weighted by Crippen LogP contribution is -1.95. The third-order valence-corrected chi connectivity index (χ3v) is 2.88. The van der Waals surface area contributed by atoms with Gasteiger partial charge in [-0.3, -0.25) is 4.40 Å². The fourth-order valence-electron chi connectivity index (χ4n) is 1.68. The third kappa shape index (κ3) is 1.23. The van der Waals surface area contributed by atoms with E-state index in [9.17, 15) is 4.79 Å². The van der Waals surface area contributed by atoms with E-state index in [2.05, 4.69) is 25.9 Å². The molecule has 0 atom stereocenters. The zero-order chi connectivity index (χ0) is 11.3. The number of nitrogens with one attached hydrogen (secondary N) is 1. The number of rotatable bonds is 1. The molecule has 0 saturated carbocycles. The maximum Gasteiger partial charge on any atom is 0.353 e. The number of halogens is 1. The third-order valence-electron chi connectivity index (χ3n) is 2.39. The van der Waals surface area contributed by atoms with Gasteiger partial charge in [-0.2, -0.15) is 0 Å². The van der Waals surface area contributed by atoms with Crippen LogP contribution in [0.15, 0.2) is 28.9 Å². The van der Waals surface area contributed by atoms with Gasteiger partial charge in [0.1, 0.15) is 5.69 Å². The molecule has 0 saturated heterocycles. The van der Waals surface area contributed by atoms with Crippen molar-refractivity contribution < 1.29 is 9.90 Å². The van der Waals surface area contributed by atoms with Gasteiger partial charge in [-0.1, -0.05) is 15.9 Å². The number of aromatic carboxylic acids is 1. The second kappa shape index (κ2) is 3.08. The number of fused-ring (bicyclic) bond motifs is 3. The molecule has 80 valence electrons. The maximum atomic E-state index is 10.8. The minimum atomic E-state index is -0.992. The van der Waals surface area contributed by atoms with Gasteiger partial charge < -0.3 is 10.1 Å². The standard InChI is InChI=1S/C10H6BrN3O2/c11-5-1-2-6-8(3-5)14-4-7(9(15)16)13-10(14)12-6/h1-4H,(H,12,13)(H,15,16). The molecule has 0 amide bonds. The molecule has 2 aromatic heterocycles. The molecular formula is C10H6BrN3O2. The molecular weight excluding hydrogens is 274 g/mol. The Kier molecular flexibility index (Phi) is 1.81. The first-order valence-electron chi connectivity index (χ1n) is 4.55. The van der Waals surface area contributed by atoms with Crippen molar-refractivity contribution in [3.05, 3.63) is 34.6 Å². The van der Waals surface area contributed by atoms with Crippen LogP contribution < -0.4 is 0 Å². The highest BCUT2D eigenvalue weighted by Gasteiger charge is 2.11. The normalized spacial score (nSPS) is 11.3.